The van der Waals surface area contributed by atoms with Crippen LogP contribution in [0.2, 0.25) is 5.02 Å². The van der Waals surface area contributed by atoms with Crippen molar-refractivity contribution in [1.29, 1.82) is 0 Å². The second kappa shape index (κ2) is 11.7. The molecule has 3 rings (SSSR count). The number of anilines is 1. The Morgan fingerprint density at radius 3 is 2.73 bits per heavy atom. The predicted octanol–water partition coefficient (Wildman–Crippen LogP) is 6.87. The van der Waals surface area contributed by atoms with Crippen molar-refractivity contribution < 1.29 is 9.53 Å². The zero-order valence-corrected chi connectivity index (χ0v) is 21.9. The van der Waals surface area contributed by atoms with Gasteiger partial charge in [-0.3, -0.25) is 9.36 Å². The Bertz CT molecular complexity index is 1140. The van der Waals surface area contributed by atoms with Gasteiger partial charge in [-0.05, 0) is 48.7 Å². The van der Waals surface area contributed by atoms with E-state index in [1.807, 2.05) is 41.8 Å². The van der Waals surface area contributed by atoms with Gasteiger partial charge in [0.1, 0.15) is 5.75 Å². The lowest BCUT2D eigenvalue weighted by atomic mass is 10.0. The molecule has 0 aliphatic carbocycles. The van der Waals surface area contributed by atoms with E-state index in [4.69, 9.17) is 16.3 Å². The third-order valence-corrected chi connectivity index (χ3v) is 6.58. The summed E-state index contributed by atoms with van der Waals surface area (Å²) < 4.78 is 8.88. The summed E-state index contributed by atoms with van der Waals surface area (Å²) >= 11 is 11.0. The molecule has 9 heteroatoms. The van der Waals surface area contributed by atoms with Crippen LogP contribution >= 0.6 is 39.3 Å². The first-order valence-corrected chi connectivity index (χ1v) is 12.6. The first-order chi connectivity index (χ1) is 15.8. The normalized spacial score (nSPS) is 11.9. The first kappa shape index (κ1) is 25.3. The number of halogens is 2. The Morgan fingerprint density at radius 1 is 1.27 bits per heavy atom. The third-order valence-electron chi connectivity index (χ3n) is 4.80. The lowest BCUT2D eigenvalue weighted by Gasteiger charge is -2.16. The number of ether oxygens (including phenoxy) is 1. The Morgan fingerprint density at radius 2 is 2.03 bits per heavy atom. The minimum Gasteiger partial charge on any atom is -0.481 e. The second-order valence-corrected chi connectivity index (χ2v) is 9.92. The number of carbonyl (C=O) groups excluding carboxylic acids is 1. The van der Waals surface area contributed by atoms with Crippen LogP contribution in [0.3, 0.4) is 0 Å². The number of nitrogens with one attached hydrogen (secondary N) is 1. The Kier molecular flexibility index (Phi) is 9.00. The fourth-order valence-electron chi connectivity index (χ4n) is 3.23. The molecule has 3 aromatic rings. The number of benzene rings is 2. The summed E-state index contributed by atoms with van der Waals surface area (Å²) in [6.07, 6.45) is 1.37. The molecule has 0 aliphatic heterocycles. The molecule has 0 bridgehead atoms. The number of carbonyl (C=O) groups is 1. The van der Waals surface area contributed by atoms with Crippen LogP contribution in [-0.4, -0.2) is 26.4 Å². The highest BCUT2D eigenvalue weighted by Gasteiger charge is 2.21. The largest absolute Gasteiger partial charge is 0.481 e. The van der Waals surface area contributed by atoms with Gasteiger partial charge in [0.15, 0.2) is 17.1 Å². The van der Waals surface area contributed by atoms with Crippen molar-refractivity contribution in [1.82, 2.24) is 14.8 Å². The van der Waals surface area contributed by atoms with Gasteiger partial charge in [0.05, 0.1) is 10.8 Å². The van der Waals surface area contributed by atoms with E-state index in [-0.39, 0.29) is 17.6 Å². The lowest BCUT2D eigenvalue weighted by molar-refractivity contribution is -0.113. The maximum atomic E-state index is 12.7. The lowest BCUT2D eigenvalue weighted by Crippen LogP contribution is -2.16. The molecule has 0 saturated heterocycles. The van der Waals surface area contributed by atoms with Gasteiger partial charge >= 0.3 is 0 Å². The molecule has 33 heavy (non-hydrogen) atoms. The predicted molar refractivity (Wildman–Crippen MR) is 138 cm³/mol. The molecule has 2 aromatic carbocycles. The number of para-hydroxylation sites is 1. The van der Waals surface area contributed by atoms with Crippen molar-refractivity contribution in [3.63, 3.8) is 0 Å². The van der Waals surface area contributed by atoms with Gasteiger partial charge < -0.3 is 10.1 Å². The van der Waals surface area contributed by atoms with E-state index in [0.717, 1.165) is 15.7 Å². The van der Waals surface area contributed by atoms with Gasteiger partial charge in [0.25, 0.3) is 0 Å². The van der Waals surface area contributed by atoms with Crippen LogP contribution in [0.5, 0.6) is 5.75 Å². The zero-order chi connectivity index (χ0) is 24.0. The summed E-state index contributed by atoms with van der Waals surface area (Å²) in [5, 5.41) is 12.8. The maximum absolute atomic E-state index is 12.7. The summed E-state index contributed by atoms with van der Waals surface area (Å²) in [6.45, 7) is 10.4. The quantitative estimate of drug-likeness (QED) is 0.221. The number of amides is 1. The van der Waals surface area contributed by atoms with E-state index in [1.165, 1.54) is 11.8 Å². The monoisotopic (exact) mass is 548 g/mol. The standard InChI is InChI=1S/C24H26BrClN4O2S/c1-5-12-30-23(16(4)32-21-9-7-6-8-19(21)26)28-29-24(30)33-14-22(31)27-20-11-10-17(25)13-18(20)15(2)3/h5-11,13,15-16H,1,12,14H2,2-4H3,(H,27,31). The van der Waals surface area contributed by atoms with Crippen LogP contribution in [0.15, 0.2) is 64.7 Å². The highest BCUT2D eigenvalue weighted by molar-refractivity contribution is 9.10. The zero-order valence-electron chi connectivity index (χ0n) is 18.7. The van der Waals surface area contributed by atoms with Crippen LogP contribution in [0, 0.1) is 0 Å². The molecule has 174 valence electrons. The fraction of sp³-hybridized carbons (Fsp3) is 0.292. The van der Waals surface area contributed by atoms with E-state index in [9.17, 15) is 4.79 Å². The minimum atomic E-state index is -0.392. The van der Waals surface area contributed by atoms with Crippen LogP contribution in [0.25, 0.3) is 0 Å². The summed E-state index contributed by atoms with van der Waals surface area (Å²) in [5.74, 6) is 1.57. The van der Waals surface area contributed by atoms with Crippen molar-refractivity contribution in [2.45, 2.75) is 44.5 Å². The van der Waals surface area contributed by atoms with Crippen LogP contribution in [0.1, 0.15) is 44.2 Å². The van der Waals surface area contributed by atoms with E-state index in [0.29, 0.717) is 28.3 Å². The Labute approximate surface area is 211 Å². The molecule has 1 N–H and O–H groups in total. The van der Waals surface area contributed by atoms with E-state index in [2.05, 4.69) is 51.9 Å². The third kappa shape index (κ3) is 6.62. The molecule has 0 radical (unpaired) electrons. The number of nitrogens with zero attached hydrogens (tertiary/aromatic N) is 3. The highest BCUT2D eigenvalue weighted by atomic mass is 79.9. The highest BCUT2D eigenvalue weighted by Crippen LogP contribution is 2.30. The number of rotatable bonds is 10. The summed E-state index contributed by atoms with van der Waals surface area (Å²) in [7, 11) is 0. The van der Waals surface area contributed by atoms with Gasteiger partial charge in [-0.15, -0.1) is 16.8 Å². The molecule has 0 aliphatic rings. The van der Waals surface area contributed by atoms with Crippen molar-refractivity contribution in [2.24, 2.45) is 0 Å². The van der Waals surface area contributed by atoms with Gasteiger partial charge in [0.2, 0.25) is 5.91 Å². The molecule has 0 saturated carbocycles. The van der Waals surface area contributed by atoms with Crippen molar-refractivity contribution in [2.75, 3.05) is 11.1 Å². The number of hydrogen-bond acceptors (Lipinski definition) is 5. The minimum absolute atomic E-state index is 0.112. The van der Waals surface area contributed by atoms with Gasteiger partial charge in [-0.2, -0.15) is 0 Å². The Balaban J connectivity index is 1.70. The van der Waals surface area contributed by atoms with Crippen LogP contribution in [0.4, 0.5) is 5.69 Å². The number of thioether (sulfide) groups is 1. The molecule has 1 heterocycles. The summed E-state index contributed by atoms with van der Waals surface area (Å²) in [6, 6.07) is 13.1. The smallest absolute Gasteiger partial charge is 0.234 e. The summed E-state index contributed by atoms with van der Waals surface area (Å²) in [5.41, 5.74) is 1.89. The average molecular weight is 550 g/mol. The van der Waals surface area contributed by atoms with Crippen molar-refractivity contribution in [3.05, 3.63) is 76.0 Å². The molecular weight excluding hydrogens is 524 g/mol. The SMILES string of the molecule is C=CCn1c(SCC(=O)Nc2ccc(Br)cc2C(C)C)nnc1C(C)Oc1ccccc1Cl. The molecule has 1 unspecified atom stereocenters. The molecule has 0 spiro atoms. The maximum Gasteiger partial charge on any atom is 0.234 e. The molecular formula is C24H26BrClN4O2S. The Hall–Kier alpha value is -2.29. The second-order valence-electron chi connectivity index (χ2n) is 7.65. The van der Waals surface area contributed by atoms with E-state index in [1.54, 1.807) is 18.2 Å². The molecule has 6 nitrogen and oxygen atoms in total. The average Bonchev–Trinajstić information content (AvgIpc) is 3.18. The van der Waals surface area contributed by atoms with Gasteiger partial charge in [-0.25, -0.2) is 0 Å². The summed E-state index contributed by atoms with van der Waals surface area (Å²) in [4.78, 5) is 12.7. The molecule has 1 aromatic heterocycles. The van der Waals surface area contributed by atoms with Gasteiger partial charge in [-0.1, -0.05) is 71.3 Å². The number of aromatic nitrogens is 3. The fourth-order valence-corrected chi connectivity index (χ4v) is 4.55. The van der Waals surface area contributed by atoms with Crippen molar-refractivity contribution in [3.8, 4) is 5.75 Å². The van der Waals surface area contributed by atoms with Crippen LogP contribution in [-0.2, 0) is 11.3 Å². The van der Waals surface area contributed by atoms with E-state index >= 15 is 0 Å². The number of allylic oxidation sites excluding steroid dienone is 1. The van der Waals surface area contributed by atoms with Gasteiger partial charge in [0, 0.05) is 16.7 Å². The van der Waals surface area contributed by atoms with Crippen molar-refractivity contribution >= 4 is 50.9 Å². The number of hydrogen-bond donors (Lipinski definition) is 1. The first-order valence-electron chi connectivity index (χ1n) is 10.5. The van der Waals surface area contributed by atoms with E-state index < -0.39 is 6.10 Å². The molecule has 1 atom stereocenters. The van der Waals surface area contributed by atoms with Crippen LogP contribution < -0.4 is 10.1 Å². The molecule has 0 fully saturated rings. The topological polar surface area (TPSA) is 69.0 Å². The molecule has 1 amide bonds.